The van der Waals surface area contributed by atoms with E-state index in [1.54, 1.807) is 30.3 Å². The van der Waals surface area contributed by atoms with Crippen molar-refractivity contribution >= 4 is 23.2 Å². The van der Waals surface area contributed by atoms with Crippen molar-refractivity contribution in [2.24, 2.45) is 0 Å². The summed E-state index contributed by atoms with van der Waals surface area (Å²) in [5.74, 6) is -0.287. The molecule has 0 bridgehead atoms. The van der Waals surface area contributed by atoms with Crippen LogP contribution in [0.4, 0.5) is 5.69 Å². The van der Waals surface area contributed by atoms with Gasteiger partial charge < -0.3 is 10.4 Å². The Balaban J connectivity index is 2.16. The van der Waals surface area contributed by atoms with Gasteiger partial charge in [-0.3, -0.25) is 4.79 Å². The number of phenols is 1. The van der Waals surface area contributed by atoms with Gasteiger partial charge in [-0.25, -0.2) is 0 Å². The van der Waals surface area contributed by atoms with Gasteiger partial charge in [-0.15, -0.1) is 0 Å². The molecule has 17 heavy (non-hydrogen) atoms. The Morgan fingerprint density at radius 2 is 1.82 bits per heavy atom. The van der Waals surface area contributed by atoms with E-state index >= 15 is 0 Å². The highest BCUT2D eigenvalue weighted by Gasteiger charge is 2.06. The first-order chi connectivity index (χ1) is 8.16. The average Bonchev–Trinajstić information content (AvgIpc) is 2.35. The van der Waals surface area contributed by atoms with Crippen LogP contribution in [0.2, 0.25) is 5.02 Å². The van der Waals surface area contributed by atoms with Crippen LogP contribution in [0.25, 0.3) is 0 Å². The average molecular weight is 248 g/mol. The van der Waals surface area contributed by atoms with Crippen LogP contribution in [0, 0.1) is 0 Å². The fourth-order valence-electron chi connectivity index (χ4n) is 1.38. The summed E-state index contributed by atoms with van der Waals surface area (Å²) in [6.45, 7) is 0. The van der Waals surface area contributed by atoms with Crippen molar-refractivity contribution in [1.29, 1.82) is 0 Å². The quantitative estimate of drug-likeness (QED) is 0.856. The molecular formula is C13H10ClNO2. The molecule has 0 fully saturated rings. The number of anilines is 1. The third kappa shape index (κ3) is 2.77. The SMILES string of the molecule is O=C(Nc1ccc(Cl)c(O)c1)c1ccccc1. The normalized spacial score (nSPS) is 9.94. The summed E-state index contributed by atoms with van der Waals surface area (Å²) in [4.78, 5) is 11.8. The number of nitrogens with one attached hydrogen (secondary N) is 1. The molecule has 0 aromatic heterocycles. The van der Waals surface area contributed by atoms with E-state index in [0.29, 0.717) is 11.3 Å². The largest absolute Gasteiger partial charge is 0.506 e. The van der Waals surface area contributed by atoms with Gasteiger partial charge in [0.05, 0.1) is 5.02 Å². The first-order valence-corrected chi connectivity index (χ1v) is 5.39. The number of amides is 1. The lowest BCUT2D eigenvalue weighted by molar-refractivity contribution is 0.102. The van der Waals surface area contributed by atoms with E-state index in [0.717, 1.165) is 0 Å². The summed E-state index contributed by atoms with van der Waals surface area (Å²) in [6, 6.07) is 13.4. The number of carbonyl (C=O) groups excluding carboxylic acids is 1. The van der Waals surface area contributed by atoms with Crippen LogP contribution < -0.4 is 5.32 Å². The summed E-state index contributed by atoms with van der Waals surface area (Å²) < 4.78 is 0. The molecule has 0 heterocycles. The maximum atomic E-state index is 11.8. The van der Waals surface area contributed by atoms with Gasteiger partial charge in [0.2, 0.25) is 0 Å². The van der Waals surface area contributed by atoms with E-state index in [1.807, 2.05) is 6.07 Å². The van der Waals surface area contributed by atoms with Crippen molar-refractivity contribution in [1.82, 2.24) is 0 Å². The third-order valence-electron chi connectivity index (χ3n) is 2.24. The highest BCUT2D eigenvalue weighted by atomic mass is 35.5. The lowest BCUT2D eigenvalue weighted by Gasteiger charge is -2.06. The van der Waals surface area contributed by atoms with E-state index < -0.39 is 0 Å². The van der Waals surface area contributed by atoms with Crippen molar-refractivity contribution < 1.29 is 9.90 Å². The van der Waals surface area contributed by atoms with Crippen molar-refractivity contribution in [2.75, 3.05) is 5.32 Å². The van der Waals surface area contributed by atoms with Crippen LogP contribution in [-0.4, -0.2) is 11.0 Å². The van der Waals surface area contributed by atoms with E-state index in [9.17, 15) is 9.90 Å². The van der Waals surface area contributed by atoms with Crippen molar-refractivity contribution in [3.63, 3.8) is 0 Å². The molecule has 0 aliphatic rings. The number of carbonyl (C=O) groups is 1. The number of aromatic hydroxyl groups is 1. The minimum atomic E-state index is -0.229. The number of rotatable bonds is 2. The number of phenolic OH excluding ortho intramolecular Hbond substituents is 1. The zero-order chi connectivity index (χ0) is 12.3. The predicted molar refractivity (Wildman–Crippen MR) is 67.5 cm³/mol. The minimum Gasteiger partial charge on any atom is -0.506 e. The van der Waals surface area contributed by atoms with Gasteiger partial charge in [0.1, 0.15) is 5.75 Å². The zero-order valence-corrected chi connectivity index (χ0v) is 9.61. The van der Waals surface area contributed by atoms with E-state index in [1.165, 1.54) is 12.1 Å². The Morgan fingerprint density at radius 1 is 1.12 bits per heavy atom. The van der Waals surface area contributed by atoms with E-state index in [4.69, 9.17) is 11.6 Å². The maximum absolute atomic E-state index is 11.8. The van der Waals surface area contributed by atoms with Crippen molar-refractivity contribution in [3.05, 3.63) is 59.1 Å². The monoisotopic (exact) mass is 247 g/mol. The molecule has 86 valence electrons. The number of hydrogen-bond acceptors (Lipinski definition) is 2. The molecule has 4 heteroatoms. The molecule has 2 N–H and O–H groups in total. The molecule has 2 rings (SSSR count). The van der Waals surface area contributed by atoms with Gasteiger partial charge in [0.25, 0.3) is 5.91 Å². The Morgan fingerprint density at radius 3 is 2.47 bits per heavy atom. The zero-order valence-electron chi connectivity index (χ0n) is 8.85. The molecule has 0 spiro atoms. The topological polar surface area (TPSA) is 49.3 Å². The molecule has 0 saturated heterocycles. The molecule has 0 saturated carbocycles. The van der Waals surface area contributed by atoms with Gasteiger partial charge in [0, 0.05) is 17.3 Å². The number of hydrogen-bond donors (Lipinski definition) is 2. The molecule has 0 aliphatic carbocycles. The minimum absolute atomic E-state index is 0.0578. The van der Waals surface area contributed by atoms with Crippen molar-refractivity contribution in [3.8, 4) is 5.75 Å². The van der Waals surface area contributed by atoms with Crippen molar-refractivity contribution in [2.45, 2.75) is 0 Å². The Bertz CT molecular complexity index is 540. The highest BCUT2D eigenvalue weighted by Crippen LogP contribution is 2.26. The summed E-state index contributed by atoms with van der Waals surface area (Å²) in [6.07, 6.45) is 0. The van der Waals surface area contributed by atoms with Crippen LogP contribution in [0.1, 0.15) is 10.4 Å². The molecular weight excluding hydrogens is 238 g/mol. The van der Waals surface area contributed by atoms with Crippen LogP contribution in [0.3, 0.4) is 0 Å². The van der Waals surface area contributed by atoms with Crippen LogP contribution in [0.15, 0.2) is 48.5 Å². The molecule has 0 radical (unpaired) electrons. The molecule has 2 aromatic rings. The highest BCUT2D eigenvalue weighted by molar-refractivity contribution is 6.32. The molecule has 2 aromatic carbocycles. The lowest BCUT2D eigenvalue weighted by Crippen LogP contribution is -2.11. The summed E-state index contributed by atoms with van der Waals surface area (Å²) in [5, 5.41) is 12.3. The van der Waals surface area contributed by atoms with Gasteiger partial charge in [-0.2, -0.15) is 0 Å². The first kappa shape index (κ1) is 11.5. The second-order valence-electron chi connectivity index (χ2n) is 3.49. The Labute approximate surface area is 104 Å². The molecule has 0 aliphatic heterocycles. The lowest BCUT2D eigenvalue weighted by atomic mass is 10.2. The predicted octanol–water partition coefficient (Wildman–Crippen LogP) is 3.30. The van der Waals surface area contributed by atoms with Gasteiger partial charge >= 0.3 is 0 Å². The fraction of sp³-hybridized carbons (Fsp3) is 0. The molecule has 0 atom stereocenters. The van der Waals surface area contributed by atoms with Crippen LogP contribution >= 0.6 is 11.6 Å². The summed E-state index contributed by atoms with van der Waals surface area (Å²) in [5.41, 5.74) is 1.06. The second-order valence-corrected chi connectivity index (χ2v) is 3.89. The van der Waals surface area contributed by atoms with Gasteiger partial charge in [-0.1, -0.05) is 29.8 Å². The summed E-state index contributed by atoms with van der Waals surface area (Å²) in [7, 11) is 0. The van der Waals surface area contributed by atoms with Gasteiger partial charge in [0.15, 0.2) is 0 Å². The fourth-order valence-corrected chi connectivity index (χ4v) is 1.50. The molecule has 3 nitrogen and oxygen atoms in total. The van der Waals surface area contributed by atoms with Crippen LogP contribution in [-0.2, 0) is 0 Å². The Hall–Kier alpha value is -2.00. The standard InChI is InChI=1S/C13H10ClNO2/c14-11-7-6-10(8-12(11)16)15-13(17)9-4-2-1-3-5-9/h1-8,16H,(H,15,17). The number of halogens is 1. The van der Waals surface area contributed by atoms with Crippen LogP contribution in [0.5, 0.6) is 5.75 Å². The van der Waals surface area contributed by atoms with Gasteiger partial charge in [-0.05, 0) is 24.3 Å². The van der Waals surface area contributed by atoms with E-state index in [-0.39, 0.29) is 16.7 Å². The second kappa shape index (κ2) is 4.89. The molecule has 0 unspecified atom stereocenters. The number of benzene rings is 2. The maximum Gasteiger partial charge on any atom is 0.255 e. The molecule has 1 amide bonds. The third-order valence-corrected chi connectivity index (χ3v) is 2.56. The summed E-state index contributed by atoms with van der Waals surface area (Å²) >= 11 is 5.67. The smallest absolute Gasteiger partial charge is 0.255 e. The first-order valence-electron chi connectivity index (χ1n) is 5.02. The Kier molecular flexibility index (Phi) is 3.30. The van der Waals surface area contributed by atoms with E-state index in [2.05, 4.69) is 5.32 Å².